The van der Waals surface area contributed by atoms with Gasteiger partial charge in [0.1, 0.15) is 61.2 Å². The van der Waals surface area contributed by atoms with E-state index in [1.165, 1.54) is 44.3 Å². The summed E-state index contributed by atoms with van der Waals surface area (Å²) in [6.07, 6.45) is -0.226. The number of amides is 5. The van der Waals surface area contributed by atoms with Crippen molar-refractivity contribution in [1.29, 1.82) is 5.26 Å². The fourth-order valence-electron chi connectivity index (χ4n) is 7.70. The maximum Gasteiger partial charge on any atom is 0.274 e. The van der Waals surface area contributed by atoms with Crippen molar-refractivity contribution in [3.05, 3.63) is 88.2 Å². The molecule has 1 aromatic heterocycles. The highest BCUT2D eigenvalue weighted by atomic mass is 32.2. The van der Waals surface area contributed by atoms with Crippen LogP contribution in [0.5, 0.6) is 17.2 Å². The van der Waals surface area contributed by atoms with Gasteiger partial charge in [-0.2, -0.15) is 18.4 Å². The first kappa shape index (κ1) is 53.7. The van der Waals surface area contributed by atoms with Gasteiger partial charge in [-0.1, -0.05) is 51.1 Å². The lowest BCUT2D eigenvalue weighted by molar-refractivity contribution is -0.141. The van der Waals surface area contributed by atoms with E-state index in [9.17, 15) is 42.8 Å². The van der Waals surface area contributed by atoms with Crippen molar-refractivity contribution in [3.8, 4) is 45.8 Å². The number of phenolic OH excluding ortho intramolecular Hbond substituents is 1. The largest absolute Gasteiger partial charge is 0.507 e. The van der Waals surface area contributed by atoms with Crippen molar-refractivity contribution in [2.75, 3.05) is 46.4 Å². The summed E-state index contributed by atoms with van der Waals surface area (Å²) in [7, 11) is -3.24. The second kappa shape index (κ2) is 22.9. The monoisotopic (exact) mass is 984 g/mol. The summed E-state index contributed by atoms with van der Waals surface area (Å²) in [5, 5.41) is 36.3. The lowest BCUT2D eigenvalue weighted by Gasteiger charge is -2.32. The van der Waals surface area contributed by atoms with Crippen LogP contribution in [0.15, 0.2) is 54.6 Å². The van der Waals surface area contributed by atoms with Crippen LogP contribution in [0.2, 0.25) is 0 Å². The third-order valence-corrected chi connectivity index (χ3v) is 11.8. The number of rotatable bonds is 16. The molecule has 0 fully saturated rings. The van der Waals surface area contributed by atoms with E-state index >= 15 is 0 Å². The van der Waals surface area contributed by atoms with Gasteiger partial charge in [0, 0.05) is 55.9 Å². The summed E-state index contributed by atoms with van der Waals surface area (Å²) in [5.74, 6) is -4.08. The number of ether oxygens (including phenoxy) is 2. The Hall–Kier alpha value is -7.23. The van der Waals surface area contributed by atoms with Gasteiger partial charge >= 0.3 is 0 Å². The summed E-state index contributed by atoms with van der Waals surface area (Å²) >= 11 is 0. The van der Waals surface area contributed by atoms with Gasteiger partial charge in [-0.05, 0) is 61.1 Å². The molecule has 5 amide bonds. The zero-order chi connectivity index (χ0) is 51.7. The molecule has 22 nitrogen and oxygen atoms in total. The highest BCUT2D eigenvalue weighted by Crippen LogP contribution is 2.42. The van der Waals surface area contributed by atoms with Crippen molar-refractivity contribution in [2.24, 2.45) is 16.6 Å². The Morgan fingerprint density at radius 2 is 1.57 bits per heavy atom. The molecule has 0 spiro atoms. The van der Waals surface area contributed by atoms with Crippen molar-refractivity contribution >= 4 is 39.7 Å². The number of phenols is 1. The molecule has 0 saturated carbocycles. The van der Waals surface area contributed by atoms with Crippen LogP contribution in [0, 0.1) is 25.2 Å². The molecule has 5 rings (SSSR count). The molecule has 374 valence electrons. The summed E-state index contributed by atoms with van der Waals surface area (Å²) < 4.78 is 38.4. The minimum atomic E-state index is -4.46. The molecule has 23 heteroatoms. The Bertz CT molecular complexity index is 2750. The third-order valence-electron chi connectivity index (χ3n) is 11.3. The van der Waals surface area contributed by atoms with Gasteiger partial charge in [0.25, 0.3) is 16.1 Å². The predicted octanol–water partition coefficient (Wildman–Crippen LogP) is 0.382. The maximum atomic E-state index is 14.8. The smallest absolute Gasteiger partial charge is 0.274 e. The van der Waals surface area contributed by atoms with E-state index in [4.69, 9.17) is 26.1 Å². The number of aryl methyl sites for hydroxylation is 2. The Kier molecular flexibility index (Phi) is 17.6. The molecule has 4 bridgehead atoms. The SMILES string of the molecule is Cc1nc(-c2ccc(C(C)(C)C)cc2)nc(C)c1C(=O)N[C@@H](CNS(N)(=O)=O)C(=O)N(C)[C@@H]1C(=O)N[C@@H](C)C(=O)N[C@H](C(=O)NCC#N)Cc2cc(c(O)cc2OCCN)-c2cc1ccc2OCCN. The van der Waals surface area contributed by atoms with E-state index in [1.54, 1.807) is 13.8 Å². The minimum Gasteiger partial charge on any atom is -0.507 e. The molecule has 4 aromatic rings. The van der Waals surface area contributed by atoms with Crippen LogP contribution >= 0.6 is 0 Å². The molecular weight excluding hydrogens is 925 g/mol. The van der Waals surface area contributed by atoms with Crippen LogP contribution in [-0.2, 0) is 41.2 Å². The number of benzene rings is 3. The second-order valence-corrected chi connectivity index (χ2v) is 18.9. The average molecular weight is 985 g/mol. The molecule has 4 atom stereocenters. The lowest BCUT2D eigenvalue weighted by Crippen LogP contribution is -2.57. The summed E-state index contributed by atoms with van der Waals surface area (Å²) in [6.45, 7) is 9.79. The Morgan fingerprint density at radius 1 is 0.943 bits per heavy atom. The zero-order valence-corrected chi connectivity index (χ0v) is 40.8. The van der Waals surface area contributed by atoms with Crippen LogP contribution in [0.4, 0.5) is 0 Å². The topological polar surface area (TPSA) is 349 Å². The lowest BCUT2D eigenvalue weighted by atomic mass is 9.86. The van der Waals surface area contributed by atoms with Gasteiger partial charge in [-0.15, -0.1) is 0 Å². The fourth-order valence-corrected chi connectivity index (χ4v) is 8.10. The average Bonchev–Trinajstić information content (AvgIpc) is 3.29. The standard InChI is InChI=1S/C47H60N12O10S/c1-25-39(26(2)55-41(54-25)28-8-11-31(12-9-28)47(4,5)6)44(63)58-35(24-53-70(51,66)67)46(65)59(7)40-29-10-13-37(68-18-15-49)33(20-29)32-21-30(38(23-36(32)60)69-19-16-50)22-34(43(62)52-17-14-48)57-42(61)27(3)56-45(40)64/h8-13,20-21,23,27,34-35,40,53,60H,15-19,22,24,49-50H2,1-7H3,(H,52,62)(H,56,64)(H,57,61)(H,58,63)(H2,51,66,67)/t27-,34-,35-,40-/m0/s1. The maximum absolute atomic E-state index is 14.8. The number of aromatic nitrogens is 2. The van der Waals surface area contributed by atoms with Crippen molar-refractivity contribution in [2.45, 2.75) is 77.5 Å². The first-order valence-electron chi connectivity index (χ1n) is 22.2. The predicted molar refractivity (Wildman–Crippen MR) is 258 cm³/mol. The Labute approximate surface area is 406 Å². The van der Waals surface area contributed by atoms with Crippen LogP contribution in [0.1, 0.15) is 72.2 Å². The molecule has 0 unspecified atom stereocenters. The van der Waals surface area contributed by atoms with Crippen molar-refractivity contribution in [1.82, 2.24) is 40.9 Å². The number of hydrogen-bond donors (Lipinski definition) is 9. The first-order valence-corrected chi connectivity index (χ1v) is 23.7. The normalized spacial score (nSPS) is 16.6. The van der Waals surface area contributed by atoms with E-state index in [2.05, 4.69) is 56.7 Å². The molecule has 70 heavy (non-hydrogen) atoms. The van der Waals surface area contributed by atoms with E-state index in [-0.39, 0.29) is 89.0 Å². The molecule has 1 aliphatic heterocycles. The summed E-state index contributed by atoms with van der Waals surface area (Å²) in [6, 6.07) is 10.6. The molecule has 12 N–H and O–H groups in total. The number of carbonyl (C=O) groups excluding carboxylic acids is 5. The Morgan fingerprint density at radius 3 is 2.16 bits per heavy atom. The van der Waals surface area contributed by atoms with Crippen molar-refractivity contribution < 1.29 is 47.0 Å². The van der Waals surface area contributed by atoms with Crippen LogP contribution in [0.25, 0.3) is 22.5 Å². The number of nitrogens with zero attached hydrogens (tertiary/aromatic N) is 4. The second-order valence-electron chi connectivity index (χ2n) is 17.6. The van der Waals surface area contributed by atoms with Gasteiger partial charge in [0.05, 0.1) is 23.0 Å². The molecule has 0 aliphatic carbocycles. The number of hydrogen-bond acceptors (Lipinski definition) is 15. The molecule has 2 heterocycles. The fraction of sp³-hybridized carbons (Fsp3) is 0.404. The number of carbonyl (C=O) groups is 5. The Balaban J connectivity index is 1.62. The van der Waals surface area contributed by atoms with Gasteiger partial charge in [0.15, 0.2) is 5.82 Å². The molecule has 0 radical (unpaired) electrons. The first-order chi connectivity index (χ1) is 33.0. The number of likely N-dealkylation sites (N-methyl/N-ethyl adjacent to an activating group) is 1. The number of nitrogens with two attached hydrogens (primary N) is 3. The van der Waals surface area contributed by atoms with Crippen LogP contribution in [-0.4, -0.2) is 122 Å². The molecule has 0 saturated heterocycles. The number of aromatic hydroxyl groups is 1. The number of nitriles is 1. The van der Waals surface area contributed by atoms with Gasteiger partial charge in [-0.25, -0.2) is 15.1 Å². The van der Waals surface area contributed by atoms with Gasteiger partial charge in [-0.3, -0.25) is 24.0 Å². The van der Waals surface area contributed by atoms with E-state index < -0.39 is 77.0 Å². The van der Waals surface area contributed by atoms with E-state index in [0.717, 1.165) is 10.5 Å². The number of fused-ring (bicyclic) bond motifs is 5. The van der Waals surface area contributed by atoms with Gasteiger partial charge < -0.3 is 52.2 Å². The van der Waals surface area contributed by atoms with Crippen molar-refractivity contribution in [3.63, 3.8) is 0 Å². The number of nitrogens with one attached hydrogen (secondary N) is 5. The molecule has 1 aliphatic rings. The van der Waals surface area contributed by atoms with E-state index in [0.29, 0.717) is 17.0 Å². The highest BCUT2D eigenvalue weighted by Gasteiger charge is 2.37. The third kappa shape index (κ3) is 13.3. The minimum absolute atomic E-state index is 0.00219. The molecule has 3 aromatic carbocycles. The highest BCUT2D eigenvalue weighted by molar-refractivity contribution is 7.87. The van der Waals surface area contributed by atoms with E-state index in [1.807, 2.05) is 30.3 Å². The summed E-state index contributed by atoms with van der Waals surface area (Å²) in [5.41, 5.74) is 14.4. The molecular formula is C47H60N12O10S. The van der Waals surface area contributed by atoms with Crippen LogP contribution < -0.4 is 52.1 Å². The summed E-state index contributed by atoms with van der Waals surface area (Å²) in [4.78, 5) is 81.0. The van der Waals surface area contributed by atoms with Crippen LogP contribution in [0.3, 0.4) is 0 Å². The zero-order valence-electron chi connectivity index (χ0n) is 40.0. The quantitative estimate of drug-likeness (QED) is 0.0686. The van der Waals surface area contributed by atoms with Gasteiger partial charge in [0.2, 0.25) is 23.6 Å².